The molecule has 0 bridgehead atoms. The van der Waals surface area contributed by atoms with Gasteiger partial charge in [-0.05, 0) is 0 Å². The largest absolute Gasteiger partial charge is 0.492 e. The second-order valence-electron chi connectivity index (χ2n) is 2.39. The lowest BCUT2D eigenvalue weighted by Gasteiger charge is -2.03. The van der Waals surface area contributed by atoms with Crippen molar-refractivity contribution >= 4 is 5.97 Å². The number of aromatic nitrogens is 1. The molecule has 1 aromatic heterocycles. The minimum Gasteiger partial charge on any atom is -0.492 e. The lowest BCUT2D eigenvalue weighted by molar-refractivity contribution is -0.136. The molecule has 0 aliphatic heterocycles. The number of pyridine rings is 1. The zero-order valence-electron chi connectivity index (χ0n) is 6.95. The number of halogens is 1. The van der Waals surface area contributed by atoms with E-state index in [0.29, 0.717) is 0 Å². The standard InChI is InChI=1S/C8H8FNO3/c1-13-6-4-10-3-5(8(6)9)2-7(11)12/h3-4H,2H2,1H3,(H,11,12). The second kappa shape index (κ2) is 3.84. The van der Waals surface area contributed by atoms with E-state index in [1.54, 1.807) is 0 Å². The first-order valence-corrected chi connectivity index (χ1v) is 3.53. The molecular weight excluding hydrogens is 177 g/mol. The highest BCUT2D eigenvalue weighted by molar-refractivity contribution is 5.70. The van der Waals surface area contributed by atoms with Crippen molar-refractivity contribution in [3.05, 3.63) is 23.8 Å². The molecule has 0 saturated carbocycles. The Morgan fingerprint density at radius 3 is 2.92 bits per heavy atom. The van der Waals surface area contributed by atoms with Gasteiger partial charge in [0, 0.05) is 11.8 Å². The van der Waals surface area contributed by atoms with Crippen LogP contribution in [0.1, 0.15) is 5.56 Å². The molecule has 0 saturated heterocycles. The van der Waals surface area contributed by atoms with Crippen molar-refractivity contribution in [1.29, 1.82) is 0 Å². The molecule has 0 atom stereocenters. The van der Waals surface area contributed by atoms with Crippen molar-refractivity contribution in [3.8, 4) is 5.75 Å². The normalized spacial score (nSPS) is 9.69. The van der Waals surface area contributed by atoms with Crippen LogP contribution in [0.5, 0.6) is 5.75 Å². The number of carboxylic acids is 1. The lowest BCUT2D eigenvalue weighted by Crippen LogP contribution is -2.04. The van der Waals surface area contributed by atoms with Gasteiger partial charge in [0.15, 0.2) is 11.6 Å². The molecule has 0 unspecified atom stereocenters. The van der Waals surface area contributed by atoms with Crippen LogP contribution in [-0.4, -0.2) is 23.2 Å². The fourth-order valence-electron chi connectivity index (χ4n) is 0.895. The highest BCUT2D eigenvalue weighted by Gasteiger charge is 2.11. The Morgan fingerprint density at radius 2 is 2.38 bits per heavy atom. The molecular formula is C8H8FNO3. The van der Waals surface area contributed by atoms with Gasteiger partial charge in [-0.25, -0.2) is 4.39 Å². The maximum Gasteiger partial charge on any atom is 0.307 e. The maximum absolute atomic E-state index is 13.2. The molecule has 0 aromatic carbocycles. The molecule has 0 amide bonds. The predicted molar refractivity (Wildman–Crippen MR) is 42.1 cm³/mol. The molecule has 1 rings (SSSR count). The summed E-state index contributed by atoms with van der Waals surface area (Å²) >= 11 is 0. The Morgan fingerprint density at radius 1 is 1.69 bits per heavy atom. The van der Waals surface area contributed by atoms with Crippen LogP contribution in [0.25, 0.3) is 0 Å². The number of rotatable bonds is 3. The van der Waals surface area contributed by atoms with Crippen LogP contribution in [0.3, 0.4) is 0 Å². The van der Waals surface area contributed by atoms with Crippen LogP contribution < -0.4 is 4.74 Å². The Labute approximate surface area is 74.0 Å². The number of methoxy groups -OCH3 is 1. The maximum atomic E-state index is 13.2. The molecule has 1 N–H and O–H groups in total. The number of hydrogen-bond acceptors (Lipinski definition) is 3. The summed E-state index contributed by atoms with van der Waals surface area (Å²) in [7, 11) is 1.30. The summed E-state index contributed by atoms with van der Waals surface area (Å²) in [5.74, 6) is -1.81. The van der Waals surface area contributed by atoms with E-state index in [9.17, 15) is 9.18 Å². The summed E-state index contributed by atoms with van der Waals surface area (Å²) in [6, 6.07) is 0. The SMILES string of the molecule is COc1cncc(CC(=O)O)c1F. The van der Waals surface area contributed by atoms with Gasteiger partial charge in [-0.2, -0.15) is 0 Å². The van der Waals surface area contributed by atoms with Gasteiger partial charge >= 0.3 is 5.97 Å². The van der Waals surface area contributed by atoms with E-state index in [1.165, 1.54) is 19.5 Å². The highest BCUT2D eigenvalue weighted by atomic mass is 19.1. The van der Waals surface area contributed by atoms with Gasteiger partial charge in [0.2, 0.25) is 0 Å². The molecule has 0 aliphatic carbocycles. The lowest BCUT2D eigenvalue weighted by atomic mass is 10.2. The van der Waals surface area contributed by atoms with Gasteiger partial charge in [-0.15, -0.1) is 0 Å². The summed E-state index contributed by atoms with van der Waals surface area (Å²) in [5.41, 5.74) is 0.0202. The average molecular weight is 185 g/mol. The van der Waals surface area contributed by atoms with E-state index in [-0.39, 0.29) is 11.3 Å². The minimum absolute atomic E-state index is 0.0202. The molecule has 0 aliphatic rings. The molecule has 1 heterocycles. The Balaban J connectivity index is 3.01. The average Bonchev–Trinajstić information content (AvgIpc) is 2.08. The van der Waals surface area contributed by atoms with E-state index in [4.69, 9.17) is 5.11 Å². The smallest absolute Gasteiger partial charge is 0.307 e. The summed E-state index contributed by atoms with van der Waals surface area (Å²) in [6.07, 6.45) is 1.97. The molecule has 0 spiro atoms. The van der Waals surface area contributed by atoms with E-state index in [1.807, 2.05) is 0 Å². The summed E-state index contributed by atoms with van der Waals surface area (Å²) in [5, 5.41) is 8.42. The zero-order chi connectivity index (χ0) is 9.84. The topological polar surface area (TPSA) is 59.4 Å². The molecule has 13 heavy (non-hydrogen) atoms. The zero-order valence-corrected chi connectivity index (χ0v) is 6.95. The Bertz CT molecular complexity index is 327. The first-order chi connectivity index (χ1) is 6.15. The fraction of sp³-hybridized carbons (Fsp3) is 0.250. The van der Waals surface area contributed by atoms with Crippen LogP contribution in [-0.2, 0) is 11.2 Å². The minimum atomic E-state index is -1.10. The van der Waals surface area contributed by atoms with Gasteiger partial charge in [0.05, 0.1) is 19.7 Å². The van der Waals surface area contributed by atoms with E-state index in [2.05, 4.69) is 9.72 Å². The van der Waals surface area contributed by atoms with Crippen molar-refractivity contribution in [3.63, 3.8) is 0 Å². The monoisotopic (exact) mass is 185 g/mol. The number of ether oxygens (including phenoxy) is 1. The summed E-state index contributed by atoms with van der Waals surface area (Å²) in [4.78, 5) is 13.9. The first kappa shape index (κ1) is 9.44. The van der Waals surface area contributed by atoms with Crippen molar-refractivity contribution < 1.29 is 19.0 Å². The van der Waals surface area contributed by atoms with E-state index < -0.39 is 18.2 Å². The Kier molecular flexibility index (Phi) is 2.79. The number of carboxylic acid groups (broad SMARTS) is 1. The summed E-state index contributed by atoms with van der Waals surface area (Å²) in [6.45, 7) is 0. The van der Waals surface area contributed by atoms with Crippen molar-refractivity contribution in [1.82, 2.24) is 4.98 Å². The third-order valence-corrected chi connectivity index (χ3v) is 1.48. The third-order valence-electron chi connectivity index (χ3n) is 1.48. The Hall–Kier alpha value is -1.65. The van der Waals surface area contributed by atoms with E-state index in [0.717, 1.165) is 0 Å². The van der Waals surface area contributed by atoms with Crippen LogP contribution >= 0.6 is 0 Å². The van der Waals surface area contributed by atoms with Crippen molar-refractivity contribution in [2.45, 2.75) is 6.42 Å². The van der Waals surface area contributed by atoms with Gasteiger partial charge in [-0.3, -0.25) is 9.78 Å². The molecule has 0 radical (unpaired) electrons. The number of hydrogen-bond donors (Lipinski definition) is 1. The molecule has 1 aromatic rings. The van der Waals surface area contributed by atoms with Gasteiger partial charge in [0.25, 0.3) is 0 Å². The van der Waals surface area contributed by atoms with Crippen LogP contribution in [0.4, 0.5) is 4.39 Å². The summed E-state index contributed by atoms with van der Waals surface area (Å²) < 4.78 is 17.8. The van der Waals surface area contributed by atoms with Crippen LogP contribution in [0.15, 0.2) is 12.4 Å². The van der Waals surface area contributed by atoms with Crippen LogP contribution in [0.2, 0.25) is 0 Å². The molecule has 5 heteroatoms. The van der Waals surface area contributed by atoms with Gasteiger partial charge in [0.1, 0.15) is 0 Å². The molecule has 70 valence electrons. The highest BCUT2D eigenvalue weighted by Crippen LogP contribution is 2.18. The number of carbonyl (C=O) groups is 1. The van der Waals surface area contributed by atoms with Crippen molar-refractivity contribution in [2.24, 2.45) is 0 Å². The van der Waals surface area contributed by atoms with Gasteiger partial charge in [-0.1, -0.05) is 0 Å². The molecule has 4 nitrogen and oxygen atoms in total. The third kappa shape index (κ3) is 2.14. The quantitative estimate of drug-likeness (QED) is 0.758. The van der Waals surface area contributed by atoms with Crippen molar-refractivity contribution in [2.75, 3.05) is 7.11 Å². The molecule has 0 fully saturated rings. The second-order valence-corrected chi connectivity index (χ2v) is 2.39. The fourth-order valence-corrected chi connectivity index (χ4v) is 0.895. The first-order valence-electron chi connectivity index (χ1n) is 3.53. The van der Waals surface area contributed by atoms with E-state index >= 15 is 0 Å². The number of aliphatic carboxylic acids is 1. The van der Waals surface area contributed by atoms with Crippen LogP contribution in [0, 0.1) is 5.82 Å². The van der Waals surface area contributed by atoms with Gasteiger partial charge < -0.3 is 9.84 Å². The number of nitrogens with zero attached hydrogens (tertiary/aromatic N) is 1. The predicted octanol–water partition coefficient (Wildman–Crippen LogP) is 0.856.